The van der Waals surface area contributed by atoms with Crippen molar-refractivity contribution in [2.24, 2.45) is 0 Å². The van der Waals surface area contributed by atoms with E-state index in [1.807, 2.05) is 60.9 Å². The number of nitrogens with zero attached hydrogens (tertiary/aromatic N) is 4. The summed E-state index contributed by atoms with van der Waals surface area (Å²) >= 11 is 7.46. The highest BCUT2D eigenvalue weighted by molar-refractivity contribution is 7.99. The Morgan fingerprint density at radius 1 is 1.12 bits per heavy atom. The second-order valence-electron chi connectivity index (χ2n) is 7.68. The number of carbonyl (C=O) groups excluding carboxylic acids is 1. The molecule has 0 aliphatic carbocycles. The van der Waals surface area contributed by atoms with Gasteiger partial charge in [-0.1, -0.05) is 35.5 Å². The third-order valence-electron chi connectivity index (χ3n) is 5.47. The maximum atomic E-state index is 12.6. The van der Waals surface area contributed by atoms with Crippen molar-refractivity contribution in [3.05, 3.63) is 64.4 Å². The molecule has 32 heavy (non-hydrogen) atoms. The zero-order chi connectivity index (χ0) is 22.5. The number of hydrogen-bond acceptors (Lipinski definition) is 6. The average Bonchev–Trinajstić information content (AvgIpc) is 3.19. The number of thioether (sulfide) groups is 1. The lowest BCUT2D eigenvalue weighted by Gasteiger charge is -2.26. The van der Waals surface area contributed by atoms with Crippen LogP contribution in [0.5, 0.6) is 0 Å². The van der Waals surface area contributed by atoms with Crippen LogP contribution in [-0.2, 0) is 16.1 Å². The van der Waals surface area contributed by atoms with Crippen LogP contribution in [-0.4, -0.2) is 57.6 Å². The summed E-state index contributed by atoms with van der Waals surface area (Å²) in [7, 11) is 0. The zero-order valence-corrected chi connectivity index (χ0v) is 19.7. The number of anilines is 1. The predicted molar refractivity (Wildman–Crippen MR) is 128 cm³/mol. The first kappa shape index (κ1) is 22.8. The smallest absolute Gasteiger partial charge is 0.234 e. The third-order valence-corrected chi connectivity index (χ3v) is 6.65. The van der Waals surface area contributed by atoms with Gasteiger partial charge in [0.25, 0.3) is 0 Å². The van der Waals surface area contributed by atoms with Crippen molar-refractivity contribution in [3.8, 4) is 5.69 Å². The Morgan fingerprint density at radius 3 is 2.62 bits per heavy atom. The van der Waals surface area contributed by atoms with Crippen LogP contribution in [0.15, 0.2) is 47.6 Å². The molecule has 0 saturated carbocycles. The minimum Gasteiger partial charge on any atom is -0.379 e. The van der Waals surface area contributed by atoms with Gasteiger partial charge in [0.15, 0.2) is 11.0 Å². The molecule has 3 aromatic rings. The SMILES string of the molecule is Cc1cccc(NC(=O)CSc2nnc(CN3CCOCC3)n2-c2ccc(Cl)cc2)c1C. The maximum absolute atomic E-state index is 12.6. The lowest BCUT2D eigenvalue weighted by molar-refractivity contribution is -0.113. The number of benzene rings is 2. The van der Waals surface area contributed by atoms with Crippen LogP contribution in [0.2, 0.25) is 5.02 Å². The second kappa shape index (κ2) is 10.5. The quantitative estimate of drug-likeness (QED) is 0.523. The Morgan fingerprint density at radius 2 is 1.88 bits per heavy atom. The molecule has 9 heteroatoms. The highest BCUT2D eigenvalue weighted by Crippen LogP contribution is 2.25. The van der Waals surface area contributed by atoms with Gasteiger partial charge in [-0.25, -0.2) is 0 Å². The van der Waals surface area contributed by atoms with E-state index in [1.54, 1.807) is 0 Å². The van der Waals surface area contributed by atoms with E-state index in [4.69, 9.17) is 16.3 Å². The van der Waals surface area contributed by atoms with Gasteiger partial charge in [0, 0.05) is 29.5 Å². The third kappa shape index (κ3) is 5.50. The molecule has 1 saturated heterocycles. The van der Waals surface area contributed by atoms with E-state index >= 15 is 0 Å². The van der Waals surface area contributed by atoms with Crippen molar-refractivity contribution in [3.63, 3.8) is 0 Å². The molecule has 0 unspecified atom stereocenters. The summed E-state index contributed by atoms with van der Waals surface area (Å²) in [5.41, 5.74) is 3.97. The van der Waals surface area contributed by atoms with Crippen molar-refractivity contribution in [2.45, 2.75) is 25.5 Å². The van der Waals surface area contributed by atoms with E-state index in [-0.39, 0.29) is 11.7 Å². The van der Waals surface area contributed by atoms with E-state index < -0.39 is 0 Å². The lowest BCUT2D eigenvalue weighted by atomic mass is 10.1. The van der Waals surface area contributed by atoms with Gasteiger partial charge in [-0.05, 0) is 55.3 Å². The zero-order valence-electron chi connectivity index (χ0n) is 18.2. The Balaban J connectivity index is 1.51. The molecule has 2 aromatic carbocycles. The summed E-state index contributed by atoms with van der Waals surface area (Å²) in [5, 5.41) is 13.2. The number of aromatic nitrogens is 3. The minimum absolute atomic E-state index is 0.0796. The number of nitrogens with one attached hydrogen (secondary N) is 1. The van der Waals surface area contributed by atoms with Gasteiger partial charge < -0.3 is 10.1 Å². The summed E-state index contributed by atoms with van der Waals surface area (Å²) < 4.78 is 7.45. The number of amides is 1. The van der Waals surface area contributed by atoms with Crippen molar-refractivity contribution in [2.75, 3.05) is 37.4 Å². The summed E-state index contributed by atoms with van der Waals surface area (Å²) in [6.45, 7) is 7.85. The molecular formula is C23H26ClN5O2S. The average molecular weight is 472 g/mol. The Kier molecular flexibility index (Phi) is 7.47. The largest absolute Gasteiger partial charge is 0.379 e. The van der Waals surface area contributed by atoms with E-state index in [0.29, 0.717) is 16.7 Å². The first-order valence-corrected chi connectivity index (χ1v) is 11.9. The van der Waals surface area contributed by atoms with Crippen LogP contribution in [0.4, 0.5) is 5.69 Å². The predicted octanol–water partition coefficient (Wildman–Crippen LogP) is 4.10. The van der Waals surface area contributed by atoms with Crippen LogP contribution in [0.1, 0.15) is 17.0 Å². The van der Waals surface area contributed by atoms with Crippen LogP contribution < -0.4 is 5.32 Å². The molecule has 0 spiro atoms. The van der Waals surface area contributed by atoms with Crippen molar-refractivity contribution in [1.29, 1.82) is 0 Å². The number of ether oxygens (including phenoxy) is 1. The Bertz CT molecular complexity index is 1080. The van der Waals surface area contributed by atoms with E-state index in [2.05, 4.69) is 20.4 Å². The monoisotopic (exact) mass is 471 g/mol. The number of hydrogen-bond donors (Lipinski definition) is 1. The number of carbonyl (C=O) groups is 1. The fourth-order valence-electron chi connectivity index (χ4n) is 3.51. The molecule has 1 amide bonds. The topological polar surface area (TPSA) is 72.3 Å². The van der Waals surface area contributed by atoms with E-state index in [1.165, 1.54) is 11.8 Å². The molecule has 1 fully saturated rings. The van der Waals surface area contributed by atoms with Gasteiger partial charge >= 0.3 is 0 Å². The van der Waals surface area contributed by atoms with Crippen molar-refractivity contribution >= 4 is 35.0 Å². The first-order valence-electron chi connectivity index (χ1n) is 10.5. The molecule has 1 aliphatic rings. The molecule has 1 aromatic heterocycles. The summed E-state index contributed by atoms with van der Waals surface area (Å²) in [6.07, 6.45) is 0. The number of rotatable bonds is 7. The van der Waals surface area contributed by atoms with Gasteiger partial charge in [0.05, 0.1) is 25.5 Å². The fourth-order valence-corrected chi connectivity index (χ4v) is 4.40. The molecule has 7 nitrogen and oxygen atoms in total. The molecule has 0 atom stereocenters. The van der Waals surface area contributed by atoms with Gasteiger partial charge in [0.2, 0.25) is 5.91 Å². The summed E-state index contributed by atoms with van der Waals surface area (Å²) in [4.78, 5) is 14.9. The van der Waals surface area contributed by atoms with E-state index in [0.717, 1.165) is 54.6 Å². The highest BCUT2D eigenvalue weighted by Gasteiger charge is 2.20. The molecule has 1 aliphatic heterocycles. The Labute approximate surface area is 197 Å². The van der Waals surface area contributed by atoms with Crippen molar-refractivity contribution < 1.29 is 9.53 Å². The molecule has 0 bridgehead atoms. The van der Waals surface area contributed by atoms with Crippen LogP contribution >= 0.6 is 23.4 Å². The number of morpholine rings is 1. The van der Waals surface area contributed by atoms with E-state index in [9.17, 15) is 4.79 Å². The maximum Gasteiger partial charge on any atom is 0.234 e. The molecule has 0 radical (unpaired) electrons. The van der Waals surface area contributed by atoms with Crippen LogP contribution in [0.3, 0.4) is 0 Å². The van der Waals surface area contributed by atoms with Crippen LogP contribution in [0, 0.1) is 13.8 Å². The fraction of sp³-hybridized carbons (Fsp3) is 0.348. The number of aryl methyl sites for hydroxylation is 1. The molecule has 168 valence electrons. The number of halogens is 1. The van der Waals surface area contributed by atoms with Gasteiger partial charge in [-0.15, -0.1) is 10.2 Å². The molecule has 4 rings (SSSR count). The highest BCUT2D eigenvalue weighted by atomic mass is 35.5. The summed E-state index contributed by atoms with van der Waals surface area (Å²) in [6, 6.07) is 13.5. The first-order chi connectivity index (χ1) is 15.5. The molecule has 2 heterocycles. The summed E-state index contributed by atoms with van der Waals surface area (Å²) in [5.74, 6) is 0.979. The van der Waals surface area contributed by atoms with Gasteiger partial charge in [-0.3, -0.25) is 14.3 Å². The Hall–Kier alpha value is -2.39. The lowest BCUT2D eigenvalue weighted by Crippen LogP contribution is -2.36. The minimum atomic E-state index is -0.0796. The second-order valence-corrected chi connectivity index (χ2v) is 9.06. The van der Waals surface area contributed by atoms with Crippen LogP contribution in [0.25, 0.3) is 5.69 Å². The van der Waals surface area contributed by atoms with Crippen molar-refractivity contribution in [1.82, 2.24) is 19.7 Å². The molecular weight excluding hydrogens is 446 g/mol. The van der Waals surface area contributed by atoms with Gasteiger partial charge in [-0.2, -0.15) is 0 Å². The molecule has 1 N–H and O–H groups in total. The normalized spacial score (nSPS) is 14.5. The standard InChI is InChI=1S/C23H26ClN5O2S/c1-16-4-3-5-20(17(16)2)25-22(30)15-32-23-27-26-21(14-28-10-12-31-13-11-28)29(23)19-8-6-18(24)7-9-19/h3-9H,10-15H2,1-2H3,(H,25,30). The van der Waals surface area contributed by atoms with Gasteiger partial charge in [0.1, 0.15) is 0 Å².